The zero-order valence-electron chi connectivity index (χ0n) is 16.6. The number of methoxy groups -OCH3 is 1. The standard InChI is InChI=1S/C22H18N4O4S/c1-28-16-5-2-14(3-6-16)17-11-18-22(23-8-9-26(18)25-17)31-12-21(27)24-15-4-7-19-20(10-15)30-13-29-19/h2-11H,12-13H2,1H3,(H,24,27). The van der Waals surface area contributed by atoms with E-state index in [0.29, 0.717) is 17.2 Å². The average Bonchev–Trinajstić information content (AvgIpc) is 3.44. The van der Waals surface area contributed by atoms with Gasteiger partial charge in [-0.25, -0.2) is 9.50 Å². The molecule has 1 amide bonds. The maximum absolute atomic E-state index is 12.4. The van der Waals surface area contributed by atoms with Crippen molar-refractivity contribution in [3.8, 4) is 28.5 Å². The van der Waals surface area contributed by atoms with Gasteiger partial charge >= 0.3 is 0 Å². The van der Waals surface area contributed by atoms with Crippen LogP contribution in [0.25, 0.3) is 16.8 Å². The predicted molar refractivity (Wildman–Crippen MR) is 117 cm³/mol. The van der Waals surface area contributed by atoms with Crippen LogP contribution in [0.2, 0.25) is 0 Å². The number of aromatic nitrogens is 3. The summed E-state index contributed by atoms with van der Waals surface area (Å²) in [7, 11) is 1.64. The number of hydrogen-bond donors (Lipinski definition) is 1. The molecule has 0 atom stereocenters. The normalized spacial score (nSPS) is 12.2. The van der Waals surface area contributed by atoms with Crippen LogP contribution in [-0.2, 0) is 4.79 Å². The number of anilines is 1. The minimum absolute atomic E-state index is 0.137. The highest BCUT2D eigenvalue weighted by molar-refractivity contribution is 8.00. The van der Waals surface area contributed by atoms with E-state index in [9.17, 15) is 4.79 Å². The lowest BCUT2D eigenvalue weighted by molar-refractivity contribution is -0.113. The lowest BCUT2D eigenvalue weighted by Crippen LogP contribution is -2.14. The summed E-state index contributed by atoms with van der Waals surface area (Å²) in [6.07, 6.45) is 3.47. The Morgan fingerprint density at radius 3 is 2.84 bits per heavy atom. The zero-order chi connectivity index (χ0) is 21.2. The Morgan fingerprint density at radius 2 is 2.00 bits per heavy atom. The first kappa shape index (κ1) is 19.3. The van der Waals surface area contributed by atoms with Gasteiger partial charge in [-0.2, -0.15) is 5.10 Å². The van der Waals surface area contributed by atoms with Crippen molar-refractivity contribution in [3.63, 3.8) is 0 Å². The van der Waals surface area contributed by atoms with E-state index in [4.69, 9.17) is 14.2 Å². The monoisotopic (exact) mass is 434 g/mol. The number of rotatable bonds is 6. The Balaban J connectivity index is 1.29. The van der Waals surface area contributed by atoms with Crippen molar-refractivity contribution in [1.82, 2.24) is 14.6 Å². The van der Waals surface area contributed by atoms with Gasteiger partial charge in [-0.05, 0) is 42.5 Å². The smallest absolute Gasteiger partial charge is 0.234 e. The van der Waals surface area contributed by atoms with Gasteiger partial charge in [0.2, 0.25) is 12.7 Å². The third-order valence-electron chi connectivity index (χ3n) is 4.74. The first-order valence-corrected chi connectivity index (χ1v) is 10.5. The van der Waals surface area contributed by atoms with Crippen molar-refractivity contribution in [2.24, 2.45) is 0 Å². The Morgan fingerprint density at radius 1 is 1.16 bits per heavy atom. The molecule has 156 valence electrons. The van der Waals surface area contributed by atoms with E-state index in [0.717, 1.165) is 27.5 Å². The lowest BCUT2D eigenvalue weighted by Gasteiger charge is -2.06. The molecule has 0 bridgehead atoms. The highest BCUT2D eigenvalue weighted by Gasteiger charge is 2.15. The van der Waals surface area contributed by atoms with Gasteiger partial charge < -0.3 is 19.5 Å². The van der Waals surface area contributed by atoms with Crippen molar-refractivity contribution in [1.29, 1.82) is 0 Å². The summed E-state index contributed by atoms with van der Waals surface area (Å²) < 4.78 is 17.6. The Labute approximate surface area is 182 Å². The molecule has 1 aliphatic rings. The van der Waals surface area contributed by atoms with E-state index in [1.165, 1.54) is 11.8 Å². The molecule has 1 N–H and O–H groups in total. The van der Waals surface area contributed by atoms with E-state index < -0.39 is 0 Å². The summed E-state index contributed by atoms with van der Waals surface area (Å²) in [5.74, 6) is 2.17. The molecule has 0 aliphatic carbocycles. The fourth-order valence-corrected chi connectivity index (χ4v) is 3.99. The molecule has 5 rings (SSSR count). The molecule has 3 heterocycles. The lowest BCUT2D eigenvalue weighted by atomic mass is 10.1. The van der Waals surface area contributed by atoms with Crippen LogP contribution in [0.5, 0.6) is 17.2 Å². The molecule has 2 aromatic heterocycles. The SMILES string of the molecule is COc1ccc(-c2cc3c(SCC(=O)Nc4ccc5c(c4)OCO5)nccn3n2)cc1. The predicted octanol–water partition coefficient (Wildman–Crippen LogP) is 3.86. The van der Waals surface area contributed by atoms with E-state index in [2.05, 4.69) is 15.4 Å². The summed E-state index contributed by atoms with van der Waals surface area (Å²) in [5, 5.41) is 8.23. The Kier molecular flexibility index (Phi) is 5.09. The highest BCUT2D eigenvalue weighted by atomic mass is 32.2. The largest absolute Gasteiger partial charge is 0.497 e. The molecule has 9 heteroatoms. The van der Waals surface area contributed by atoms with Crippen molar-refractivity contribution < 1.29 is 19.0 Å². The number of carbonyl (C=O) groups excluding carboxylic acids is 1. The maximum atomic E-state index is 12.4. The number of benzene rings is 2. The third-order valence-corrected chi connectivity index (χ3v) is 5.73. The van der Waals surface area contributed by atoms with Gasteiger partial charge in [-0.15, -0.1) is 0 Å². The minimum Gasteiger partial charge on any atom is -0.497 e. The van der Waals surface area contributed by atoms with Gasteiger partial charge in [0.1, 0.15) is 10.8 Å². The second-order valence-electron chi connectivity index (χ2n) is 6.73. The fraction of sp³-hybridized carbons (Fsp3) is 0.136. The van der Waals surface area contributed by atoms with Crippen LogP contribution in [0.15, 0.2) is 66.0 Å². The molecule has 0 saturated heterocycles. The van der Waals surface area contributed by atoms with Gasteiger partial charge in [-0.3, -0.25) is 4.79 Å². The Bertz CT molecular complexity index is 1260. The van der Waals surface area contributed by atoms with Crippen molar-refractivity contribution >= 4 is 28.9 Å². The molecule has 0 spiro atoms. The van der Waals surface area contributed by atoms with Gasteiger partial charge in [0, 0.05) is 29.7 Å². The molecule has 31 heavy (non-hydrogen) atoms. The van der Waals surface area contributed by atoms with Crippen LogP contribution >= 0.6 is 11.8 Å². The van der Waals surface area contributed by atoms with Gasteiger partial charge in [0.25, 0.3) is 0 Å². The number of ether oxygens (including phenoxy) is 3. The van der Waals surface area contributed by atoms with Crippen molar-refractivity contribution in [3.05, 3.63) is 60.9 Å². The van der Waals surface area contributed by atoms with E-state index in [1.54, 1.807) is 42.2 Å². The molecular formula is C22H18N4O4S. The Hall–Kier alpha value is -3.72. The van der Waals surface area contributed by atoms with E-state index in [-0.39, 0.29) is 18.5 Å². The number of amides is 1. The van der Waals surface area contributed by atoms with Crippen molar-refractivity contribution in [2.75, 3.05) is 25.0 Å². The fourth-order valence-electron chi connectivity index (χ4n) is 3.22. The quantitative estimate of drug-likeness (QED) is 0.461. The van der Waals surface area contributed by atoms with Crippen LogP contribution in [0.3, 0.4) is 0 Å². The summed E-state index contributed by atoms with van der Waals surface area (Å²) in [6, 6.07) is 15.0. The molecule has 0 fully saturated rings. The summed E-state index contributed by atoms with van der Waals surface area (Å²) in [4.78, 5) is 16.9. The van der Waals surface area contributed by atoms with Gasteiger partial charge in [0.15, 0.2) is 11.5 Å². The molecule has 2 aromatic carbocycles. The molecule has 0 saturated carbocycles. The third kappa shape index (κ3) is 3.99. The maximum Gasteiger partial charge on any atom is 0.234 e. The van der Waals surface area contributed by atoms with Crippen LogP contribution in [-0.4, -0.2) is 40.2 Å². The number of carbonyl (C=O) groups is 1. The average molecular weight is 434 g/mol. The molecule has 0 unspecified atom stereocenters. The van der Waals surface area contributed by atoms with Crippen LogP contribution < -0.4 is 19.5 Å². The topological polar surface area (TPSA) is 87.0 Å². The first-order valence-electron chi connectivity index (χ1n) is 9.51. The van der Waals surface area contributed by atoms with Crippen LogP contribution in [0, 0.1) is 0 Å². The zero-order valence-corrected chi connectivity index (χ0v) is 17.4. The highest BCUT2D eigenvalue weighted by Crippen LogP contribution is 2.34. The van der Waals surface area contributed by atoms with Crippen LogP contribution in [0.1, 0.15) is 0 Å². The van der Waals surface area contributed by atoms with Gasteiger partial charge in [-0.1, -0.05) is 11.8 Å². The second kappa shape index (κ2) is 8.19. The molecule has 8 nitrogen and oxygen atoms in total. The number of fused-ring (bicyclic) bond motifs is 2. The van der Waals surface area contributed by atoms with Gasteiger partial charge in [0.05, 0.1) is 24.1 Å². The minimum atomic E-state index is -0.137. The molecule has 4 aromatic rings. The number of nitrogens with zero attached hydrogens (tertiary/aromatic N) is 3. The number of hydrogen-bond acceptors (Lipinski definition) is 7. The molecular weight excluding hydrogens is 416 g/mol. The number of thioether (sulfide) groups is 1. The second-order valence-corrected chi connectivity index (χ2v) is 7.69. The molecule has 0 radical (unpaired) electrons. The van der Waals surface area contributed by atoms with Crippen LogP contribution in [0.4, 0.5) is 5.69 Å². The van der Waals surface area contributed by atoms with E-state index >= 15 is 0 Å². The summed E-state index contributed by atoms with van der Waals surface area (Å²) in [6.45, 7) is 0.197. The van der Waals surface area contributed by atoms with Crippen molar-refractivity contribution in [2.45, 2.75) is 5.03 Å². The first-order chi connectivity index (χ1) is 15.2. The molecule has 1 aliphatic heterocycles. The van der Waals surface area contributed by atoms with E-state index in [1.807, 2.05) is 30.3 Å². The summed E-state index contributed by atoms with van der Waals surface area (Å²) >= 11 is 1.36. The number of nitrogens with one attached hydrogen (secondary N) is 1. The summed E-state index contributed by atoms with van der Waals surface area (Å²) in [5.41, 5.74) is 3.30.